The second-order valence-corrected chi connectivity index (χ2v) is 9.17. The van der Waals surface area contributed by atoms with Crippen LogP contribution in [0.4, 0.5) is 24.5 Å². The third-order valence-corrected chi connectivity index (χ3v) is 5.99. The SMILES string of the molecule is Cc1cc2c(cc1C(F)(F)F)NC(=O)CC(c1cccc(Oc3ccc(S(N)(=O)=O)cc3)c1)=N2. The van der Waals surface area contributed by atoms with Crippen molar-refractivity contribution in [2.75, 3.05) is 5.32 Å². The monoisotopic (exact) mass is 489 g/mol. The number of benzene rings is 3. The number of nitrogens with two attached hydrogens (primary N) is 1. The maximum atomic E-state index is 13.3. The van der Waals surface area contributed by atoms with Gasteiger partial charge in [-0.25, -0.2) is 13.6 Å². The van der Waals surface area contributed by atoms with E-state index in [0.717, 1.165) is 6.07 Å². The minimum Gasteiger partial charge on any atom is -0.457 e. The van der Waals surface area contributed by atoms with E-state index in [1.165, 1.54) is 37.3 Å². The molecule has 0 spiro atoms. The predicted octanol–water partition coefficient (Wildman–Crippen LogP) is 4.92. The van der Waals surface area contributed by atoms with Crippen LogP contribution in [0.1, 0.15) is 23.1 Å². The number of hydrogen-bond donors (Lipinski definition) is 2. The van der Waals surface area contributed by atoms with Gasteiger partial charge in [0.25, 0.3) is 0 Å². The molecule has 1 heterocycles. The van der Waals surface area contributed by atoms with Crippen LogP contribution in [0.2, 0.25) is 0 Å². The first-order valence-electron chi connectivity index (χ1n) is 9.90. The Morgan fingerprint density at radius 2 is 1.74 bits per heavy atom. The lowest BCUT2D eigenvalue weighted by atomic mass is 10.1. The molecule has 0 aromatic heterocycles. The fourth-order valence-corrected chi connectivity index (χ4v) is 3.98. The molecule has 0 saturated heterocycles. The molecule has 1 amide bonds. The number of nitrogens with zero attached hydrogens (tertiary/aromatic N) is 1. The van der Waals surface area contributed by atoms with Gasteiger partial charge in [-0.15, -0.1) is 0 Å². The Labute approximate surface area is 193 Å². The van der Waals surface area contributed by atoms with Gasteiger partial charge < -0.3 is 10.1 Å². The number of alkyl halides is 3. The number of ether oxygens (including phenoxy) is 1. The van der Waals surface area contributed by atoms with Crippen molar-refractivity contribution < 1.29 is 31.1 Å². The number of hydrogen-bond acceptors (Lipinski definition) is 5. The molecule has 0 atom stereocenters. The van der Waals surface area contributed by atoms with Crippen LogP contribution >= 0.6 is 0 Å². The fourth-order valence-electron chi connectivity index (χ4n) is 3.46. The zero-order valence-corrected chi connectivity index (χ0v) is 18.5. The summed E-state index contributed by atoms with van der Waals surface area (Å²) in [7, 11) is -3.83. The standard InChI is InChI=1S/C23H18F3N3O4S/c1-13-9-20-21(11-18(13)23(24,25)26)29-22(30)12-19(28-20)14-3-2-4-16(10-14)33-15-5-7-17(8-6-15)34(27,31)32/h2-11H,12H2,1H3,(H,29,30)(H2,27,31,32). The van der Waals surface area contributed by atoms with Crippen LogP contribution in [0.25, 0.3) is 0 Å². The molecule has 0 bridgehead atoms. The summed E-state index contributed by atoms with van der Waals surface area (Å²) in [6.07, 6.45) is -4.71. The topological polar surface area (TPSA) is 111 Å². The summed E-state index contributed by atoms with van der Waals surface area (Å²) in [5, 5.41) is 7.58. The molecule has 11 heteroatoms. The number of fused-ring (bicyclic) bond motifs is 1. The fraction of sp³-hybridized carbons (Fsp3) is 0.130. The molecule has 0 radical (unpaired) electrons. The Bertz CT molecular complexity index is 1420. The molecule has 0 aliphatic carbocycles. The van der Waals surface area contributed by atoms with E-state index in [9.17, 15) is 26.4 Å². The zero-order valence-electron chi connectivity index (χ0n) is 17.7. The Hall–Kier alpha value is -3.70. The highest BCUT2D eigenvalue weighted by atomic mass is 32.2. The molecule has 3 aromatic carbocycles. The Morgan fingerprint density at radius 1 is 1.03 bits per heavy atom. The minimum atomic E-state index is -4.55. The highest BCUT2D eigenvalue weighted by molar-refractivity contribution is 7.89. The van der Waals surface area contributed by atoms with Gasteiger partial charge in [-0.1, -0.05) is 12.1 Å². The molecule has 3 N–H and O–H groups in total. The second kappa shape index (κ2) is 8.58. The third kappa shape index (κ3) is 5.10. The van der Waals surface area contributed by atoms with Crippen molar-refractivity contribution >= 4 is 33.0 Å². The van der Waals surface area contributed by atoms with Crippen LogP contribution in [0, 0.1) is 6.92 Å². The van der Waals surface area contributed by atoms with Gasteiger partial charge >= 0.3 is 6.18 Å². The van der Waals surface area contributed by atoms with E-state index in [1.54, 1.807) is 24.3 Å². The van der Waals surface area contributed by atoms with E-state index in [4.69, 9.17) is 9.88 Å². The van der Waals surface area contributed by atoms with Crippen LogP contribution in [0.15, 0.2) is 70.6 Å². The summed E-state index contributed by atoms with van der Waals surface area (Å²) in [5.41, 5.74) is 0.251. The minimum absolute atomic E-state index is 0.00877. The lowest BCUT2D eigenvalue weighted by Crippen LogP contribution is -2.15. The number of sulfonamides is 1. The average molecular weight is 489 g/mol. The van der Waals surface area contributed by atoms with Gasteiger partial charge in [0.2, 0.25) is 15.9 Å². The first-order chi connectivity index (χ1) is 15.9. The first kappa shape index (κ1) is 23.5. The molecule has 0 unspecified atom stereocenters. The average Bonchev–Trinajstić information content (AvgIpc) is 2.90. The number of halogens is 3. The van der Waals surface area contributed by atoms with Crippen molar-refractivity contribution in [2.24, 2.45) is 10.1 Å². The molecular weight excluding hydrogens is 471 g/mol. The summed E-state index contributed by atoms with van der Waals surface area (Å²) < 4.78 is 68.3. The van der Waals surface area contributed by atoms with Crippen molar-refractivity contribution in [3.8, 4) is 11.5 Å². The molecule has 0 saturated carbocycles. The normalized spacial score (nSPS) is 14.0. The highest BCUT2D eigenvalue weighted by Crippen LogP contribution is 2.39. The van der Waals surface area contributed by atoms with Crippen molar-refractivity contribution in [3.05, 3.63) is 77.4 Å². The molecule has 0 fully saturated rings. The van der Waals surface area contributed by atoms with Gasteiger partial charge in [0, 0.05) is 5.56 Å². The number of carbonyl (C=O) groups is 1. The summed E-state index contributed by atoms with van der Waals surface area (Å²) in [6, 6.07) is 14.3. The van der Waals surface area contributed by atoms with E-state index >= 15 is 0 Å². The number of nitrogens with one attached hydrogen (secondary N) is 1. The van der Waals surface area contributed by atoms with Gasteiger partial charge in [0.15, 0.2) is 0 Å². The Balaban J connectivity index is 1.66. The maximum Gasteiger partial charge on any atom is 0.416 e. The Kier molecular flexibility index (Phi) is 5.92. The van der Waals surface area contributed by atoms with Crippen LogP contribution in [-0.2, 0) is 21.0 Å². The number of aliphatic imine (C=N–C) groups is 1. The van der Waals surface area contributed by atoms with Crippen molar-refractivity contribution in [2.45, 2.75) is 24.4 Å². The zero-order chi connectivity index (χ0) is 24.7. The van der Waals surface area contributed by atoms with Crippen LogP contribution in [-0.4, -0.2) is 20.0 Å². The highest BCUT2D eigenvalue weighted by Gasteiger charge is 2.34. The molecule has 1 aliphatic heterocycles. The van der Waals surface area contributed by atoms with Crippen LogP contribution < -0.4 is 15.2 Å². The van der Waals surface area contributed by atoms with Gasteiger partial charge in [-0.05, 0) is 61.0 Å². The quantitative estimate of drug-likeness (QED) is 0.542. The van der Waals surface area contributed by atoms with Gasteiger partial charge in [-0.2, -0.15) is 13.2 Å². The van der Waals surface area contributed by atoms with E-state index in [-0.39, 0.29) is 28.3 Å². The first-order valence-corrected chi connectivity index (χ1v) is 11.5. The van der Waals surface area contributed by atoms with E-state index < -0.39 is 27.7 Å². The summed E-state index contributed by atoms with van der Waals surface area (Å²) >= 11 is 0. The Morgan fingerprint density at radius 3 is 2.38 bits per heavy atom. The summed E-state index contributed by atoms with van der Waals surface area (Å²) in [5.74, 6) is 0.238. The molecule has 1 aliphatic rings. The van der Waals surface area contributed by atoms with Gasteiger partial charge in [-0.3, -0.25) is 9.79 Å². The van der Waals surface area contributed by atoms with Gasteiger partial charge in [0.1, 0.15) is 11.5 Å². The molecule has 34 heavy (non-hydrogen) atoms. The van der Waals surface area contributed by atoms with Crippen molar-refractivity contribution in [3.63, 3.8) is 0 Å². The largest absolute Gasteiger partial charge is 0.457 e. The summed E-state index contributed by atoms with van der Waals surface area (Å²) in [6.45, 7) is 1.33. The molecule has 7 nitrogen and oxygen atoms in total. The van der Waals surface area contributed by atoms with E-state index in [1.807, 2.05) is 0 Å². The molecule has 176 valence electrons. The molecular formula is C23H18F3N3O4S. The van der Waals surface area contributed by atoms with Crippen molar-refractivity contribution in [1.82, 2.24) is 0 Å². The van der Waals surface area contributed by atoms with Crippen LogP contribution in [0.5, 0.6) is 11.5 Å². The molecule has 3 aromatic rings. The number of rotatable bonds is 4. The predicted molar refractivity (Wildman–Crippen MR) is 120 cm³/mol. The van der Waals surface area contributed by atoms with E-state index in [2.05, 4.69) is 10.3 Å². The lowest BCUT2D eigenvalue weighted by Gasteiger charge is -2.13. The van der Waals surface area contributed by atoms with Crippen molar-refractivity contribution in [1.29, 1.82) is 0 Å². The number of primary sulfonamides is 1. The lowest BCUT2D eigenvalue weighted by molar-refractivity contribution is -0.138. The van der Waals surface area contributed by atoms with Gasteiger partial charge in [0.05, 0.1) is 34.0 Å². The maximum absolute atomic E-state index is 13.3. The second-order valence-electron chi connectivity index (χ2n) is 7.61. The number of anilines is 1. The molecule has 4 rings (SSSR count). The third-order valence-electron chi connectivity index (χ3n) is 5.06. The van der Waals surface area contributed by atoms with E-state index in [0.29, 0.717) is 22.8 Å². The number of aryl methyl sites for hydroxylation is 1. The van der Waals surface area contributed by atoms with Crippen LogP contribution in [0.3, 0.4) is 0 Å². The number of carbonyl (C=O) groups excluding carboxylic acids is 1. The smallest absolute Gasteiger partial charge is 0.416 e. The number of amides is 1. The summed E-state index contributed by atoms with van der Waals surface area (Å²) in [4.78, 5) is 16.8.